The second-order valence-corrected chi connectivity index (χ2v) is 8.63. The van der Waals surface area contributed by atoms with Gasteiger partial charge in [0.05, 0.1) is 0 Å². The molecule has 0 aliphatic heterocycles. The number of amides is 1. The Kier molecular flexibility index (Phi) is 11.1. The van der Waals surface area contributed by atoms with Crippen LogP contribution < -0.4 is 4.90 Å². The summed E-state index contributed by atoms with van der Waals surface area (Å²) in [6.07, 6.45) is 0. The predicted molar refractivity (Wildman–Crippen MR) is 121 cm³/mol. The Morgan fingerprint density at radius 2 is 1.66 bits per heavy atom. The topological polar surface area (TPSA) is 65.6 Å². The number of nitrogens with zero attached hydrogens (tertiary/aromatic N) is 3. The van der Waals surface area contributed by atoms with Crippen molar-refractivity contribution >= 4 is 42.5 Å². The van der Waals surface area contributed by atoms with Crippen LogP contribution in [0.4, 0.5) is 11.4 Å². The van der Waals surface area contributed by atoms with Gasteiger partial charge < -0.3 is 45.6 Å². The maximum absolute atomic E-state index is 11.7. The molecular formula is C21H25N3O2S2Tc. The SMILES string of the molecule is CN(C)c1ccc(-c2ccc([N-]C(=O)C[S-])c(C[N-]CC(C)(C)[S-])c2)cc1.[O]=[Tc+4]. The van der Waals surface area contributed by atoms with Gasteiger partial charge in [0, 0.05) is 25.7 Å². The van der Waals surface area contributed by atoms with Gasteiger partial charge in [-0.2, -0.15) is 11.3 Å². The molecule has 1 amide bonds. The van der Waals surface area contributed by atoms with Crippen LogP contribution in [0.2, 0.25) is 0 Å². The number of hydrogen-bond acceptors (Lipinski definition) is 5. The molecule has 0 bridgehead atoms. The number of rotatable bonds is 8. The van der Waals surface area contributed by atoms with Crippen LogP contribution in [-0.2, 0) is 59.0 Å². The average Bonchev–Trinajstić information content (AvgIpc) is 2.69. The zero-order chi connectivity index (χ0) is 22.0. The van der Waals surface area contributed by atoms with Crippen LogP contribution in [0.5, 0.6) is 0 Å². The first kappa shape index (κ1) is 25.9. The second kappa shape index (κ2) is 12.5. The fourth-order valence-electron chi connectivity index (χ4n) is 2.57. The van der Waals surface area contributed by atoms with Crippen LogP contribution in [-0.4, -0.2) is 37.0 Å². The molecule has 2 aromatic carbocycles. The molecule has 0 spiro atoms. The van der Waals surface area contributed by atoms with Gasteiger partial charge in [0.1, 0.15) is 0 Å². The predicted octanol–water partition coefficient (Wildman–Crippen LogP) is 4.58. The number of carbonyl (C=O) groups excluding carboxylic acids is 1. The molecule has 0 aliphatic rings. The van der Waals surface area contributed by atoms with Crippen molar-refractivity contribution in [3.8, 4) is 11.1 Å². The molecule has 0 aromatic heterocycles. The molecule has 0 fully saturated rings. The summed E-state index contributed by atoms with van der Waals surface area (Å²) in [5, 5.41) is 8.70. The Labute approximate surface area is 195 Å². The molecule has 0 unspecified atom stereocenters. The summed E-state index contributed by atoms with van der Waals surface area (Å²) in [6, 6.07) is 14.2. The van der Waals surface area contributed by atoms with Gasteiger partial charge in [-0.05, 0) is 23.3 Å². The summed E-state index contributed by atoms with van der Waals surface area (Å²) >= 11 is 11.1. The van der Waals surface area contributed by atoms with Gasteiger partial charge >= 0.3 is 22.4 Å². The van der Waals surface area contributed by atoms with Crippen LogP contribution in [0, 0.1) is 0 Å². The van der Waals surface area contributed by atoms with Gasteiger partial charge in [-0.25, -0.2) is 0 Å². The summed E-state index contributed by atoms with van der Waals surface area (Å²) in [6.45, 7) is 4.98. The fraction of sp³-hybridized carbons (Fsp3) is 0.381. The third kappa shape index (κ3) is 9.01. The van der Waals surface area contributed by atoms with Crippen molar-refractivity contribution in [3.63, 3.8) is 0 Å². The maximum atomic E-state index is 11.7. The van der Waals surface area contributed by atoms with Gasteiger partial charge in [0.15, 0.2) is 0 Å². The average molecular weight is 514 g/mol. The van der Waals surface area contributed by atoms with E-state index >= 15 is 0 Å². The first-order valence-electron chi connectivity index (χ1n) is 8.92. The zero-order valence-corrected chi connectivity index (χ0v) is 20.5. The van der Waals surface area contributed by atoms with Crippen LogP contribution in [0.3, 0.4) is 0 Å². The van der Waals surface area contributed by atoms with Crippen LogP contribution in [0.15, 0.2) is 42.5 Å². The van der Waals surface area contributed by atoms with Crippen molar-refractivity contribution < 1.29 is 27.2 Å². The third-order valence-corrected chi connectivity index (χ3v) is 4.32. The molecule has 2 aromatic rings. The van der Waals surface area contributed by atoms with Crippen molar-refractivity contribution in [1.29, 1.82) is 0 Å². The van der Waals surface area contributed by atoms with E-state index in [1.165, 1.54) is 0 Å². The molecule has 29 heavy (non-hydrogen) atoms. The third-order valence-electron chi connectivity index (χ3n) is 3.94. The molecule has 0 atom stereocenters. The molecule has 2 rings (SSSR count). The quantitative estimate of drug-likeness (QED) is 0.484. The number of anilines is 1. The van der Waals surface area contributed by atoms with E-state index in [-0.39, 0.29) is 16.4 Å². The molecule has 8 heteroatoms. The molecule has 155 valence electrons. The summed E-state index contributed by atoms with van der Waals surface area (Å²) in [5.74, 6) is -0.332. The minimum absolute atomic E-state index is 0.0243. The van der Waals surface area contributed by atoms with E-state index in [0.29, 0.717) is 18.8 Å². The first-order valence-corrected chi connectivity index (χ1v) is 10.7. The van der Waals surface area contributed by atoms with Crippen molar-refractivity contribution in [2.45, 2.75) is 25.1 Å². The molecule has 0 N–H and O–H groups in total. The van der Waals surface area contributed by atoms with Gasteiger partial charge in [-0.1, -0.05) is 49.7 Å². The van der Waals surface area contributed by atoms with E-state index < -0.39 is 0 Å². The monoisotopic (exact) mass is 512 g/mol. The van der Waals surface area contributed by atoms with Gasteiger partial charge in [-0.3, -0.25) is 0 Å². The van der Waals surface area contributed by atoms with Gasteiger partial charge in [0.25, 0.3) is 0 Å². The number of benzene rings is 2. The normalized spacial score (nSPS) is 10.8. The van der Waals surface area contributed by atoms with Crippen LogP contribution in [0.1, 0.15) is 19.4 Å². The van der Waals surface area contributed by atoms with E-state index in [1.54, 1.807) is 0 Å². The summed E-state index contributed by atoms with van der Waals surface area (Å²) in [5.41, 5.74) is 4.84. The Balaban J connectivity index is 0.00000204. The molecule has 0 aliphatic carbocycles. The number of carbonyl (C=O) groups is 1. The van der Waals surface area contributed by atoms with E-state index in [2.05, 4.69) is 39.8 Å². The van der Waals surface area contributed by atoms with E-state index in [1.807, 2.05) is 46.1 Å². The van der Waals surface area contributed by atoms with Crippen molar-refractivity contribution in [3.05, 3.63) is 58.7 Å². The standard InChI is InChI=1S/C21H28N3OS2.O.Tc/c1-21(2,27)14-22-12-17-11-16(7-10-19(17)23-20(25)13-26)15-5-8-18(9-6-15)24(3)4;;/h5-11H,12-14H2,1-4H3,(H3,23,25,26,27);;/q-1;;+4/p-3. The van der Waals surface area contributed by atoms with E-state index in [0.717, 1.165) is 41.2 Å². The van der Waals surface area contributed by atoms with Gasteiger partial charge in [0.2, 0.25) is 0 Å². The summed E-state index contributed by atoms with van der Waals surface area (Å²) < 4.78 is 7.94. The first-order chi connectivity index (χ1) is 13.7. The summed E-state index contributed by atoms with van der Waals surface area (Å²) in [7, 11) is 4.03. The molecule has 0 radical (unpaired) electrons. The Morgan fingerprint density at radius 1 is 1.07 bits per heavy atom. The molecule has 0 saturated heterocycles. The zero-order valence-electron chi connectivity index (χ0n) is 17.0. The Hall–Kier alpha value is -1.18. The minimum atomic E-state index is -0.307. The molecule has 5 nitrogen and oxygen atoms in total. The Morgan fingerprint density at radius 3 is 2.17 bits per heavy atom. The number of hydrogen-bond donors (Lipinski definition) is 0. The molecule has 0 heterocycles. The van der Waals surface area contributed by atoms with Crippen LogP contribution in [0.25, 0.3) is 21.8 Å². The van der Waals surface area contributed by atoms with E-state index in [9.17, 15) is 4.79 Å². The van der Waals surface area contributed by atoms with Crippen LogP contribution >= 0.6 is 0 Å². The van der Waals surface area contributed by atoms with Gasteiger partial charge in [-0.15, -0.1) is 18.0 Å². The van der Waals surface area contributed by atoms with Crippen molar-refractivity contribution in [1.82, 2.24) is 0 Å². The Bertz CT molecular complexity index is 794. The molecular weight excluding hydrogens is 488 g/mol. The van der Waals surface area contributed by atoms with E-state index in [4.69, 9.17) is 28.8 Å². The second-order valence-electron chi connectivity index (χ2n) is 7.23. The summed E-state index contributed by atoms with van der Waals surface area (Å²) in [4.78, 5) is 13.8. The molecule has 0 saturated carbocycles. The van der Waals surface area contributed by atoms with Crippen molar-refractivity contribution in [2.24, 2.45) is 0 Å². The van der Waals surface area contributed by atoms with Crippen molar-refractivity contribution in [2.75, 3.05) is 31.3 Å². The fourth-order valence-corrected chi connectivity index (χ4v) is 2.72.